The van der Waals surface area contributed by atoms with Crippen LogP contribution in [0, 0.1) is 18.7 Å². The summed E-state index contributed by atoms with van der Waals surface area (Å²) in [5.74, 6) is -0.0554. The van der Waals surface area contributed by atoms with Crippen LogP contribution < -0.4 is 11.1 Å². The molecule has 1 aromatic rings. The van der Waals surface area contributed by atoms with Gasteiger partial charge in [0.05, 0.1) is 4.47 Å². The fraction of sp³-hybridized carbons (Fsp3) is 0.462. The van der Waals surface area contributed by atoms with Crippen LogP contribution in [0.2, 0.25) is 0 Å². The molecule has 5 heteroatoms. The van der Waals surface area contributed by atoms with Crippen molar-refractivity contribution in [2.75, 3.05) is 5.32 Å². The fourth-order valence-electron chi connectivity index (χ4n) is 1.89. The van der Waals surface area contributed by atoms with E-state index < -0.39 is 0 Å². The van der Waals surface area contributed by atoms with Crippen LogP contribution in [0.25, 0.3) is 0 Å². The molecule has 1 saturated carbocycles. The van der Waals surface area contributed by atoms with E-state index in [9.17, 15) is 9.18 Å². The van der Waals surface area contributed by atoms with Crippen LogP contribution in [0.15, 0.2) is 16.6 Å². The van der Waals surface area contributed by atoms with Crippen LogP contribution in [0.1, 0.15) is 24.8 Å². The predicted octanol–water partition coefficient (Wildman–Crippen LogP) is 2.96. The van der Waals surface area contributed by atoms with E-state index in [1.54, 1.807) is 6.07 Å². The molecule has 1 aliphatic carbocycles. The number of anilines is 1. The molecule has 1 aromatic carbocycles. The molecular formula is C13H16BrFN2O. The number of benzene rings is 1. The molecule has 0 aromatic heterocycles. The fourth-order valence-corrected chi connectivity index (χ4v) is 2.35. The van der Waals surface area contributed by atoms with E-state index in [0.29, 0.717) is 22.5 Å². The van der Waals surface area contributed by atoms with Crippen molar-refractivity contribution in [1.29, 1.82) is 0 Å². The average molecular weight is 315 g/mol. The molecule has 0 aliphatic heterocycles. The third-order valence-corrected chi connectivity index (χ3v) is 3.80. The molecule has 3 nitrogen and oxygen atoms in total. The monoisotopic (exact) mass is 314 g/mol. The normalized spacial score (nSPS) is 16.4. The number of hydrogen-bond acceptors (Lipinski definition) is 2. The van der Waals surface area contributed by atoms with Gasteiger partial charge in [0.2, 0.25) is 5.91 Å². The van der Waals surface area contributed by atoms with Crippen molar-refractivity contribution in [2.45, 2.75) is 32.2 Å². The standard InChI is InChI=1S/C13H16BrFN2O/c1-7-4-9(14)10(15)5-12(7)17-13(18)6-11(16)8-2-3-8/h4-5,8,11H,2-3,6,16H2,1H3,(H,17,18). The molecule has 18 heavy (non-hydrogen) atoms. The Kier molecular flexibility index (Phi) is 4.02. The van der Waals surface area contributed by atoms with Crippen molar-refractivity contribution in [2.24, 2.45) is 11.7 Å². The summed E-state index contributed by atoms with van der Waals surface area (Å²) in [6.07, 6.45) is 2.52. The molecular weight excluding hydrogens is 299 g/mol. The number of nitrogens with one attached hydrogen (secondary N) is 1. The highest BCUT2D eigenvalue weighted by molar-refractivity contribution is 9.10. The third-order valence-electron chi connectivity index (χ3n) is 3.19. The van der Waals surface area contributed by atoms with Gasteiger partial charge in [0.1, 0.15) is 5.82 Å². The summed E-state index contributed by atoms with van der Waals surface area (Å²) >= 11 is 3.11. The lowest BCUT2D eigenvalue weighted by Crippen LogP contribution is -2.29. The van der Waals surface area contributed by atoms with Crippen molar-refractivity contribution >= 4 is 27.5 Å². The first kappa shape index (κ1) is 13.5. The maximum Gasteiger partial charge on any atom is 0.225 e. The minimum atomic E-state index is -0.387. The summed E-state index contributed by atoms with van der Waals surface area (Å²) in [6, 6.07) is 2.89. The Morgan fingerprint density at radius 2 is 2.28 bits per heavy atom. The maximum atomic E-state index is 13.4. The highest BCUT2D eigenvalue weighted by Crippen LogP contribution is 2.33. The average Bonchev–Trinajstić information content (AvgIpc) is 3.09. The first-order valence-electron chi connectivity index (χ1n) is 5.98. The topological polar surface area (TPSA) is 55.1 Å². The van der Waals surface area contributed by atoms with Crippen LogP contribution >= 0.6 is 15.9 Å². The van der Waals surface area contributed by atoms with Gasteiger partial charge in [-0.25, -0.2) is 4.39 Å². The van der Waals surface area contributed by atoms with Gasteiger partial charge in [-0.15, -0.1) is 0 Å². The maximum absolute atomic E-state index is 13.4. The molecule has 1 fully saturated rings. The Hall–Kier alpha value is -0.940. The highest BCUT2D eigenvalue weighted by atomic mass is 79.9. The van der Waals surface area contributed by atoms with Gasteiger partial charge in [-0.2, -0.15) is 0 Å². The summed E-state index contributed by atoms with van der Waals surface area (Å²) in [5, 5.41) is 2.71. The van der Waals surface area contributed by atoms with Crippen molar-refractivity contribution < 1.29 is 9.18 Å². The van der Waals surface area contributed by atoms with Crippen LogP contribution in [0.5, 0.6) is 0 Å². The Balaban J connectivity index is 1.99. The van der Waals surface area contributed by atoms with Gasteiger partial charge in [0.25, 0.3) is 0 Å². The van der Waals surface area contributed by atoms with Gasteiger partial charge in [0.15, 0.2) is 0 Å². The zero-order valence-electron chi connectivity index (χ0n) is 10.2. The molecule has 0 bridgehead atoms. The first-order chi connectivity index (χ1) is 8.47. The second-order valence-corrected chi connectivity index (χ2v) is 5.69. The van der Waals surface area contributed by atoms with Crippen molar-refractivity contribution in [1.82, 2.24) is 0 Å². The number of carbonyl (C=O) groups is 1. The summed E-state index contributed by atoms with van der Waals surface area (Å²) in [7, 11) is 0. The van der Waals surface area contributed by atoms with Gasteiger partial charge in [-0.05, 0) is 59.3 Å². The summed E-state index contributed by atoms with van der Waals surface area (Å²) < 4.78 is 13.8. The Bertz CT molecular complexity index is 474. The molecule has 3 N–H and O–H groups in total. The summed E-state index contributed by atoms with van der Waals surface area (Å²) in [6.45, 7) is 1.82. The number of hydrogen-bond donors (Lipinski definition) is 2. The van der Waals surface area contributed by atoms with E-state index in [1.165, 1.54) is 6.07 Å². The Labute approximate surface area is 114 Å². The van der Waals surface area contributed by atoms with E-state index in [-0.39, 0.29) is 17.8 Å². The second-order valence-electron chi connectivity index (χ2n) is 4.83. The Morgan fingerprint density at radius 1 is 1.61 bits per heavy atom. The summed E-state index contributed by atoms with van der Waals surface area (Å²) in [4.78, 5) is 11.8. The number of halogens is 2. The molecule has 0 radical (unpaired) electrons. The van der Waals surface area contributed by atoms with E-state index in [4.69, 9.17) is 5.73 Å². The van der Waals surface area contributed by atoms with Gasteiger partial charge < -0.3 is 11.1 Å². The van der Waals surface area contributed by atoms with Crippen LogP contribution in [0.3, 0.4) is 0 Å². The predicted molar refractivity (Wildman–Crippen MR) is 72.8 cm³/mol. The molecule has 1 unspecified atom stereocenters. The van der Waals surface area contributed by atoms with Crippen LogP contribution in [-0.2, 0) is 4.79 Å². The lowest BCUT2D eigenvalue weighted by Gasteiger charge is -2.12. The van der Waals surface area contributed by atoms with E-state index >= 15 is 0 Å². The molecule has 0 spiro atoms. The van der Waals surface area contributed by atoms with Gasteiger partial charge in [0, 0.05) is 18.2 Å². The zero-order valence-corrected chi connectivity index (χ0v) is 11.8. The number of aryl methyl sites for hydroxylation is 1. The lowest BCUT2D eigenvalue weighted by molar-refractivity contribution is -0.116. The first-order valence-corrected chi connectivity index (χ1v) is 6.77. The molecule has 1 amide bonds. The van der Waals surface area contributed by atoms with E-state index in [1.807, 2.05) is 6.92 Å². The smallest absolute Gasteiger partial charge is 0.225 e. The van der Waals surface area contributed by atoms with Gasteiger partial charge in [-0.3, -0.25) is 4.79 Å². The van der Waals surface area contributed by atoms with Crippen LogP contribution in [0.4, 0.5) is 10.1 Å². The number of amides is 1. The van der Waals surface area contributed by atoms with Crippen molar-refractivity contribution in [3.63, 3.8) is 0 Å². The van der Waals surface area contributed by atoms with Gasteiger partial charge >= 0.3 is 0 Å². The number of nitrogens with two attached hydrogens (primary N) is 1. The highest BCUT2D eigenvalue weighted by Gasteiger charge is 2.29. The SMILES string of the molecule is Cc1cc(Br)c(F)cc1NC(=O)CC(N)C1CC1. The van der Waals surface area contributed by atoms with E-state index in [2.05, 4.69) is 21.2 Å². The molecule has 1 atom stereocenters. The molecule has 98 valence electrons. The van der Waals surface area contributed by atoms with Gasteiger partial charge in [-0.1, -0.05) is 0 Å². The third kappa shape index (κ3) is 3.29. The number of carbonyl (C=O) groups excluding carboxylic acids is 1. The minimum Gasteiger partial charge on any atom is -0.327 e. The number of rotatable bonds is 4. The lowest BCUT2D eigenvalue weighted by atomic mass is 10.1. The molecule has 1 aliphatic rings. The largest absolute Gasteiger partial charge is 0.327 e. The molecule has 0 saturated heterocycles. The zero-order chi connectivity index (χ0) is 13.3. The molecule has 2 rings (SSSR count). The molecule has 0 heterocycles. The van der Waals surface area contributed by atoms with E-state index in [0.717, 1.165) is 18.4 Å². The minimum absolute atomic E-state index is 0.0781. The van der Waals surface area contributed by atoms with Crippen molar-refractivity contribution in [3.8, 4) is 0 Å². The van der Waals surface area contributed by atoms with Crippen LogP contribution in [-0.4, -0.2) is 11.9 Å². The summed E-state index contributed by atoms with van der Waals surface area (Å²) in [5.41, 5.74) is 7.20. The second kappa shape index (κ2) is 5.36. The quantitative estimate of drug-likeness (QED) is 0.897. The Morgan fingerprint density at radius 3 is 2.89 bits per heavy atom. The van der Waals surface area contributed by atoms with Crippen molar-refractivity contribution in [3.05, 3.63) is 28.0 Å².